The molecule has 3 atom stereocenters. The van der Waals surface area contributed by atoms with E-state index in [1.165, 1.54) is 12.8 Å². The number of rotatable bonds is 2. The summed E-state index contributed by atoms with van der Waals surface area (Å²) >= 11 is 1.68. The average Bonchev–Trinajstić information content (AvgIpc) is 2.60. The lowest BCUT2D eigenvalue weighted by molar-refractivity contribution is 0.149. The van der Waals surface area contributed by atoms with Gasteiger partial charge in [0.2, 0.25) is 0 Å². The molecule has 0 aromatic heterocycles. The lowest BCUT2D eigenvalue weighted by Gasteiger charge is -2.16. The van der Waals surface area contributed by atoms with E-state index in [2.05, 4.69) is 12.2 Å². The summed E-state index contributed by atoms with van der Waals surface area (Å²) in [5, 5.41) is 0. The molecule has 0 radical (unpaired) electrons. The number of hydrogen-bond acceptors (Lipinski definition) is 2. The molecule has 66 valence electrons. The molecular weight excluding hydrogens is 267 g/mol. The van der Waals surface area contributed by atoms with Crippen LogP contribution in [0.2, 0.25) is 0 Å². The number of carbonyl (C=O) groups excluding carboxylic acids is 1. The minimum atomic E-state index is -0.181. The van der Waals surface area contributed by atoms with Gasteiger partial charge in [-0.05, 0) is 30.6 Å². The third-order valence-corrected chi connectivity index (χ3v) is 3.14. The molecule has 1 fully saturated rings. The second kappa shape index (κ2) is 3.36. The Labute approximate surface area is 85.5 Å². The van der Waals surface area contributed by atoms with Crippen molar-refractivity contribution in [1.82, 2.24) is 0 Å². The summed E-state index contributed by atoms with van der Waals surface area (Å²) in [5.74, 6) is 2.05. The smallest absolute Gasteiger partial charge is 0.367 e. The van der Waals surface area contributed by atoms with E-state index >= 15 is 0 Å². The van der Waals surface area contributed by atoms with Gasteiger partial charge in [0.15, 0.2) is 0 Å². The van der Waals surface area contributed by atoms with Crippen molar-refractivity contribution < 1.29 is 9.53 Å². The molecule has 0 heterocycles. The van der Waals surface area contributed by atoms with E-state index in [4.69, 9.17) is 4.74 Å². The van der Waals surface area contributed by atoms with Gasteiger partial charge >= 0.3 is 3.98 Å². The van der Waals surface area contributed by atoms with E-state index in [9.17, 15) is 4.79 Å². The zero-order valence-corrected chi connectivity index (χ0v) is 8.86. The predicted octanol–water partition coefficient (Wildman–Crippen LogP) is 2.77. The highest BCUT2D eigenvalue weighted by Gasteiger charge is 2.35. The highest BCUT2D eigenvalue weighted by atomic mass is 127. The Hall–Kier alpha value is -0.0600. The molecule has 0 aromatic rings. The summed E-state index contributed by atoms with van der Waals surface area (Å²) in [6.45, 7) is 0.618. The Bertz CT molecular complexity index is 225. The van der Waals surface area contributed by atoms with E-state index in [-0.39, 0.29) is 3.98 Å². The van der Waals surface area contributed by atoms with E-state index in [0.29, 0.717) is 18.4 Å². The van der Waals surface area contributed by atoms with Crippen LogP contribution in [0.25, 0.3) is 0 Å². The summed E-state index contributed by atoms with van der Waals surface area (Å²) in [6, 6.07) is 0. The fourth-order valence-corrected chi connectivity index (χ4v) is 2.44. The molecule has 3 heteroatoms. The van der Waals surface area contributed by atoms with E-state index in [0.717, 1.165) is 5.92 Å². The first-order valence-corrected chi connectivity index (χ1v) is 5.34. The molecule has 0 aromatic carbocycles. The molecule has 2 aliphatic carbocycles. The Morgan fingerprint density at radius 3 is 2.83 bits per heavy atom. The molecule has 0 amide bonds. The summed E-state index contributed by atoms with van der Waals surface area (Å²) in [4.78, 5) is 10.6. The second-order valence-corrected chi connectivity index (χ2v) is 4.47. The maximum atomic E-state index is 10.6. The molecule has 1 saturated carbocycles. The molecular formula is C9H11IO2. The number of carbonyl (C=O) groups is 1. The van der Waals surface area contributed by atoms with Crippen molar-refractivity contribution >= 4 is 26.6 Å². The first-order valence-electron chi connectivity index (χ1n) is 4.26. The normalized spacial score (nSPS) is 37.2. The number of hydrogen-bond donors (Lipinski definition) is 0. The molecule has 2 bridgehead atoms. The molecule has 0 saturated heterocycles. The lowest BCUT2D eigenvalue weighted by atomic mass is 9.95. The van der Waals surface area contributed by atoms with Crippen LogP contribution in [0.15, 0.2) is 12.2 Å². The summed E-state index contributed by atoms with van der Waals surface area (Å²) in [5.41, 5.74) is 0. The maximum Gasteiger partial charge on any atom is 0.367 e. The molecule has 0 spiro atoms. The zero-order valence-electron chi connectivity index (χ0n) is 6.70. The van der Waals surface area contributed by atoms with Crippen LogP contribution in [-0.4, -0.2) is 10.6 Å². The van der Waals surface area contributed by atoms with Gasteiger partial charge in [0.25, 0.3) is 0 Å². The topological polar surface area (TPSA) is 26.3 Å². The van der Waals surface area contributed by atoms with E-state index < -0.39 is 0 Å². The van der Waals surface area contributed by atoms with Crippen molar-refractivity contribution in [1.29, 1.82) is 0 Å². The third-order valence-electron chi connectivity index (χ3n) is 2.83. The van der Waals surface area contributed by atoms with Crippen LogP contribution >= 0.6 is 22.6 Å². The van der Waals surface area contributed by atoms with Gasteiger partial charge in [-0.15, -0.1) is 0 Å². The Morgan fingerprint density at radius 2 is 2.33 bits per heavy atom. The monoisotopic (exact) mass is 278 g/mol. The predicted molar refractivity (Wildman–Crippen MR) is 54.2 cm³/mol. The first kappa shape index (κ1) is 8.53. The van der Waals surface area contributed by atoms with Gasteiger partial charge in [0.1, 0.15) is 0 Å². The molecule has 0 aliphatic heterocycles. The van der Waals surface area contributed by atoms with Crippen LogP contribution in [-0.2, 0) is 4.74 Å². The fraction of sp³-hybridized carbons (Fsp3) is 0.667. The Balaban J connectivity index is 1.83. The Kier molecular flexibility index (Phi) is 2.39. The summed E-state index contributed by atoms with van der Waals surface area (Å²) in [7, 11) is 0. The van der Waals surface area contributed by atoms with Crippen LogP contribution in [0.3, 0.4) is 0 Å². The van der Waals surface area contributed by atoms with Gasteiger partial charge in [-0.3, -0.25) is 0 Å². The van der Waals surface area contributed by atoms with E-state index in [1.807, 2.05) is 0 Å². The van der Waals surface area contributed by atoms with Gasteiger partial charge < -0.3 is 4.74 Å². The second-order valence-electron chi connectivity index (χ2n) is 3.59. The zero-order chi connectivity index (χ0) is 8.55. The minimum Gasteiger partial charge on any atom is -0.458 e. The fourth-order valence-electron chi connectivity index (χ4n) is 2.26. The first-order chi connectivity index (χ1) is 5.75. The SMILES string of the molecule is O=C(I)OCC1C[C@@H]2C=C[C@H]1C2. The molecule has 2 rings (SSSR count). The largest absolute Gasteiger partial charge is 0.458 e. The van der Waals surface area contributed by atoms with Crippen molar-refractivity contribution in [2.75, 3.05) is 6.61 Å². The third kappa shape index (κ3) is 1.65. The number of ether oxygens (including phenoxy) is 1. The quantitative estimate of drug-likeness (QED) is 0.441. The van der Waals surface area contributed by atoms with Gasteiger partial charge in [0, 0.05) is 0 Å². The summed E-state index contributed by atoms with van der Waals surface area (Å²) < 4.78 is 4.81. The molecule has 2 aliphatic rings. The van der Waals surface area contributed by atoms with Crippen LogP contribution in [0, 0.1) is 17.8 Å². The minimum absolute atomic E-state index is 0.181. The number of fused-ring (bicyclic) bond motifs is 2. The number of allylic oxidation sites excluding steroid dienone is 2. The average molecular weight is 278 g/mol. The van der Waals surface area contributed by atoms with Crippen LogP contribution in [0.5, 0.6) is 0 Å². The van der Waals surface area contributed by atoms with Crippen molar-refractivity contribution in [3.05, 3.63) is 12.2 Å². The van der Waals surface area contributed by atoms with Crippen molar-refractivity contribution in [2.45, 2.75) is 12.8 Å². The standard InChI is InChI=1S/C9H11IO2/c10-9(11)12-5-8-4-6-1-2-7(8)3-6/h1-2,6-8H,3-5H2/t6-,7+,8?/m1/s1. The molecule has 0 N–H and O–H groups in total. The number of halogens is 1. The molecule has 1 unspecified atom stereocenters. The van der Waals surface area contributed by atoms with Crippen molar-refractivity contribution in [3.63, 3.8) is 0 Å². The van der Waals surface area contributed by atoms with Crippen molar-refractivity contribution in [2.24, 2.45) is 17.8 Å². The molecule has 12 heavy (non-hydrogen) atoms. The van der Waals surface area contributed by atoms with Gasteiger partial charge in [-0.1, -0.05) is 12.2 Å². The highest BCUT2D eigenvalue weighted by molar-refractivity contribution is 14.1. The van der Waals surface area contributed by atoms with Crippen molar-refractivity contribution in [3.8, 4) is 0 Å². The van der Waals surface area contributed by atoms with Gasteiger partial charge in [-0.25, -0.2) is 4.79 Å². The van der Waals surface area contributed by atoms with Gasteiger partial charge in [0.05, 0.1) is 29.2 Å². The summed E-state index contributed by atoms with van der Waals surface area (Å²) in [6.07, 6.45) is 7.07. The van der Waals surface area contributed by atoms with E-state index in [1.54, 1.807) is 22.6 Å². The molecule has 2 nitrogen and oxygen atoms in total. The van der Waals surface area contributed by atoms with Gasteiger partial charge in [-0.2, -0.15) is 0 Å². The Morgan fingerprint density at radius 1 is 1.50 bits per heavy atom. The van der Waals surface area contributed by atoms with Crippen LogP contribution in [0.4, 0.5) is 4.79 Å². The van der Waals surface area contributed by atoms with Crippen LogP contribution < -0.4 is 0 Å². The maximum absolute atomic E-state index is 10.6. The highest BCUT2D eigenvalue weighted by Crippen LogP contribution is 2.43. The lowest BCUT2D eigenvalue weighted by Crippen LogP contribution is -2.14. The van der Waals surface area contributed by atoms with Crippen LogP contribution in [0.1, 0.15) is 12.8 Å².